The van der Waals surface area contributed by atoms with Crippen molar-refractivity contribution < 1.29 is 0 Å². The molecule has 0 aliphatic rings. The normalized spacial score (nSPS) is 10.8. The summed E-state index contributed by atoms with van der Waals surface area (Å²) in [5, 5.41) is 0.623. The predicted molar refractivity (Wildman–Crippen MR) is 61.2 cm³/mol. The second-order valence-electron chi connectivity index (χ2n) is 3.28. The van der Waals surface area contributed by atoms with Crippen molar-refractivity contribution in [1.29, 1.82) is 0 Å². The molecule has 0 N–H and O–H groups in total. The Morgan fingerprint density at radius 3 is 2.88 bits per heavy atom. The van der Waals surface area contributed by atoms with E-state index in [-0.39, 0.29) is 0 Å². The van der Waals surface area contributed by atoms with Crippen molar-refractivity contribution in [1.82, 2.24) is 19.4 Å². The van der Waals surface area contributed by atoms with Gasteiger partial charge < -0.3 is 0 Å². The van der Waals surface area contributed by atoms with E-state index in [0.29, 0.717) is 5.02 Å². The summed E-state index contributed by atoms with van der Waals surface area (Å²) in [6.07, 6.45) is 8.63. The minimum Gasteiger partial charge on any atom is -0.297 e. The van der Waals surface area contributed by atoms with Crippen molar-refractivity contribution >= 4 is 17.2 Å². The number of fused-ring (bicyclic) bond motifs is 1. The molecule has 3 rings (SSSR count). The van der Waals surface area contributed by atoms with E-state index in [1.54, 1.807) is 24.8 Å². The molecule has 4 nitrogen and oxygen atoms in total. The lowest BCUT2D eigenvalue weighted by molar-refractivity contribution is 1.14. The molecule has 16 heavy (non-hydrogen) atoms. The number of hydrogen-bond acceptors (Lipinski definition) is 3. The number of aromatic nitrogens is 4. The van der Waals surface area contributed by atoms with Gasteiger partial charge in [0, 0.05) is 18.6 Å². The minimum absolute atomic E-state index is 0.623. The number of rotatable bonds is 1. The average Bonchev–Trinajstić information content (AvgIpc) is 2.75. The monoisotopic (exact) mass is 230 g/mol. The maximum absolute atomic E-state index is 6.04. The molecule has 0 saturated carbocycles. The highest BCUT2D eigenvalue weighted by atomic mass is 35.5. The molecule has 78 valence electrons. The van der Waals surface area contributed by atoms with Crippen LogP contribution in [-0.2, 0) is 0 Å². The van der Waals surface area contributed by atoms with Gasteiger partial charge in [0.05, 0.1) is 23.1 Å². The zero-order valence-electron chi connectivity index (χ0n) is 8.21. The molecular formula is C11H7ClN4. The minimum atomic E-state index is 0.623. The Balaban J connectivity index is 2.30. The topological polar surface area (TPSA) is 43.1 Å². The fraction of sp³-hybridized carbons (Fsp3) is 0. The van der Waals surface area contributed by atoms with E-state index in [9.17, 15) is 0 Å². The SMILES string of the molecule is Clc1cccn2c(-c3cnccn3)cnc12. The largest absolute Gasteiger partial charge is 0.297 e. The summed E-state index contributed by atoms with van der Waals surface area (Å²) in [7, 11) is 0. The molecule has 3 aromatic rings. The van der Waals surface area contributed by atoms with Gasteiger partial charge in [0.25, 0.3) is 0 Å². The van der Waals surface area contributed by atoms with Crippen molar-refractivity contribution in [3.63, 3.8) is 0 Å². The molecule has 0 radical (unpaired) electrons. The van der Waals surface area contributed by atoms with E-state index >= 15 is 0 Å². The Morgan fingerprint density at radius 1 is 1.12 bits per heavy atom. The van der Waals surface area contributed by atoms with Crippen LogP contribution in [0.15, 0.2) is 43.1 Å². The summed E-state index contributed by atoms with van der Waals surface area (Å²) in [6.45, 7) is 0. The smallest absolute Gasteiger partial charge is 0.156 e. The molecule has 0 saturated heterocycles. The average molecular weight is 231 g/mol. The standard InChI is InChI=1S/C11H7ClN4/c12-8-2-1-5-16-10(7-15-11(8)16)9-6-13-3-4-14-9/h1-7H. The molecule has 0 unspecified atom stereocenters. The summed E-state index contributed by atoms with van der Waals surface area (Å²) >= 11 is 6.04. The Kier molecular flexibility index (Phi) is 2.08. The fourth-order valence-corrected chi connectivity index (χ4v) is 1.81. The van der Waals surface area contributed by atoms with Gasteiger partial charge in [-0.3, -0.25) is 14.4 Å². The van der Waals surface area contributed by atoms with Crippen molar-refractivity contribution in [3.05, 3.63) is 48.1 Å². The molecule has 5 heteroatoms. The van der Waals surface area contributed by atoms with Gasteiger partial charge in [-0.25, -0.2) is 4.98 Å². The quantitative estimate of drug-likeness (QED) is 0.645. The number of halogens is 1. The maximum atomic E-state index is 6.04. The Labute approximate surface area is 96.6 Å². The molecule has 0 atom stereocenters. The molecule has 0 aromatic carbocycles. The molecule has 3 heterocycles. The highest BCUT2D eigenvalue weighted by molar-refractivity contribution is 6.33. The maximum Gasteiger partial charge on any atom is 0.156 e. The van der Waals surface area contributed by atoms with Gasteiger partial charge in [-0.15, -0.1) is 0 Å². The number of nitrogens with zero attached hydrogens (tertiary/aromatic N) is 4. The first kappa shape index (κ1) is 9.30. The van der Waals surface area contributed by atoms with Gasteiger partial charge in [-0.1, -0.05) is 11.6 Å². The lowest BCUT2D eigenvalue weighted by atomic mass is 10.3. The van der Waals surface area contributed by atoms with Crippen LogP contribution in [0.25, 0.3) is 17.0 Å². The van der Waals surface area contributed by atoms with Gasteiger partial charge >= 0.3 is 0 Å². The summed E-state index contributed by atoms with van der Waals surface area (Å²) in [5.41, 5.74) is 2.38. The lowest BCUT2D eigenvalue weighted by Crippen LogP contribution is -1.90. The summed E-state index contributed by atoms with van der Waals surface area (Å²) < 4.78 is 1.90. The first-order valence-electron chi connectivity index (χ1n) is 4.74. The van der Waals surface area contributed by atoms with Crippen molar-refractivity contribution in [2.45, 2.75) is 0 Å². The van der Waals surface area contributed by atoms with E-state index in [0.717, 1.165) is 17.0 Å². The van der Waals surface area contributed by atoms with Crippen LogP contribution in [0.3, 0.4) is 0 Å². The van der Waals surface area contributed by atoms with Crippen LogP contribution in [0.4, 0.5) is 0 Å². The molecule has 0 aliphatic heterocycles. The molecule has 0 bridgehead atoms. The zero-order chi connectivity index (χ0) is 11.0. The Bertz CT molecular complexity index is 633. The van der Waals surface area contributed by atoms with Crippen molar-refractivity contribution in [3.8, 4) is 11.4 Å². The number of pyridine rings is 1. The van der Waals surface area contributed by atoms with E-state index in [2.05, 4.69) is 15.0 Å². The highest BCUT2D eigenvalue weighted by Crippen LogP contribution is 2.22. The second kappa shape index (κ2) is 3.57. The lowest BCUT2D eigenvalue weighted by Gasteiger charge is -2.00. The van der Waals surface area contributed by atoms with Gasteiger partial charge in [0.15, 0.2) is 5.65 Å². The molecule has 0 amide bonds. The van der Waals surface area contributed by atoms with E-state index in [4.69, 9.17) is 11.6 Å². The van der Waals surface area contributed by atoms with E-state index in [1.165, 1.54) is 0 Å². The van der Waals surface area contributed by atoms with E-state index < -0.39 is 0 Å². The van der Waals surface area contributed by atoms with Gasteiger partial charge in [-0.2, -0.15) is 0 Å². The summed E-state index contributed by atoms with van der Waals surface area (Å²) in [6, 6.07) is 3.68. The van der Waals surface area contributed by atoms with Crippen LogP contribution < -0.4 is 0 Å². The van der Waals surface area contributed by atoms with Crippen LogP contribution in [0, 0.1) is 0 Å². The predicted octanol–water partition coefficient (Wildman–Crippen LogP) is 2.44. The van der Waals surface area contributed by atoms with Crippen molar-refractivity contribution in [2.24, 2.45) is 0 Å². The molecule has 0 aliphatic carbocycles. The molecule has 3 aromatic heterocycles. The number of hydrogen-bond donors (Lipinski definition) is 0. The zero-order valence-corrected chi connectivity index (χ0v) is 8.96. The molecular weight excluding hydrogens is 224 g/mol. The highest BCUT2D eigenvalue weighted by Gasteiger charge is 2.08. The third-order valence-corrected chi connectivity index (χ3v) is 2.61. The molecule has 0 spiro atoms. The third-order valence-electron chi connectivity index (χ3n) is 2.31. The Morgan fingerprint density at radius 2 is 2.06 bits per heavy atom. The van der Waals surface area contributed by atoms with Crippen LogP contribution in [0.5, 0.6) is 0 Å². The van der Waals surface area contributed by atoms with Crippen LogP contribution in [0.2, 0.25) is 5.02 Å². The summed E-state index contributed by atoms with van der Waals surface area (Å²) in [5.74, 6) is 0. The first-order valence-corrected chi connectivity index (χ1v) is 5.12. The van der Waals surface area contributed by atoms with Gasteiger partial charge in [0.2, 0.25) is 0 Å². The van der Waals surface area contributed by atoms with Crippen LogP contribution in [0.1, 0.15) is 0 Å². The van der Waals surface area contributed by atoms with Gasteiger partial charge in [0.1, 0.15) is 5.69 Å². The third kappa shape index (κ3) is 1.35. The first-order chi connectivity index (χ1) is 7.86. The van der Waals surface area contributed by atoms with Crippen LogP contribution >= 0.6 is 11.6 Å². The summed E-state index contributed by atoms with van der Waals surface area (Å²) in [4.78, 5) is 12.5. The van der Waals surface area contributed by atoms with E-state index in [1.807, 2.05) is 22.7 Å². The van der Waals surface area contributed by atoms with Crippen LogP contribution in [-0.4, -0.2) is 19.4 Å². The van der Waals surface area contributed by atoms with Crippen molar-refractivity contribution in [2.75, 3.05) is 0 Å². The second-order valence-corrected chi connectivity index (χ2v) is 3.69. The fourth-order valence-electron chi connectivity index (χ4n) is 1.60. The number of imidazole rings is 1. The Hall–Kier alpha value is -1.94. The van der Waals surface area contributed by atoms with Gasteiger partial charge in [-0.05, 0) is 12.1 Å². The molecule has 0 fully saturated rings.